The molecule has 6 nitrogen and oxygen atoms in total. The minimum Gasteiger partial charge on any atom is -0.389 e. The molecule has 0 atom stereocenters. The molecule has 21 heavy (non-hydrogen) atoms. The first-order chi connectivity index (χ1) is 9.88. The van der Waals surface area contributed by atoms with Gasteiger partial charge in [0, 0.05) is 31.8 Å². The van der Waals surface area contributed by atoms with E-state index in [4.69, 9.17) is 18.0 Å². The van der Waals surface area contributed by atoms with Gasteiger partial charge in [0.15, 0.2) is 0 Å². The lowest BCUT2D eigenvalue weighted by atomic mass is 10.2. The molecule has 1 aromatic carbocycles. The van der Waals surface area contributed by atoms with Crippen LogP contribution in [0.15, 0.2) is 41.4 Å². The molecular weight excluding hydrogens is 308 g/mol. The molecule has 0 aliphatic heterocycles. The molecule has 0 radical (unpaired) electrons. The van der Waals surface area contributed by atoms with Crippen LogP contribution in [0.1, 0.15) is 11.3 Å². The molecule has 2 aromatic rings. The van der Waals surface area contributed by atoms with Crippen molar-refractivity contribution in [3.63, 3.8) is 0 Å². The number of nitrogens with one attached hydrogen (secondary N) is 1. The fourth-order valence-corrected chi connectivity index (χ4v) is 2.96. The summed E-state index contributed by atoms with van der Waals surface area (Å²) in [5, 5.41) is 4.19. The monoisotopic (exact) mass is 324 g/mol. The van der Waals surface area contributed by atoms with E-state index < -0.39 is 10.0 Å². The SMILES string of the molecule is Cn1ccc(CCNS(=O)(=O)c2ccc(C(N)=S)cc2)n1. The minimum absolute atomic E-state index is 0.184. The molecule has 0 saturated carbocycles. The summed E-state index contributed by atoms with van der Waals surface area (Å²) < 4.78 is 28.4. The Morgan fingerprint density at radius 2 is 2.00 bits per heavy atom. The Morgan fingerprint density at radius 1 is 1.33 bits per heavy atom. The largest absolute Gasteiger partial charge is 0.389 e. The summed E-state index contributed by atoms with van der Waals surface area (Å²) >= 11 is 4.83. The Morgan fingerprint density at radius 3 is 2.52 bits per heavy atom. The molecule has 0 bridgehead atoms. The van der Waals surface area contributed by atoms with Crippen molar-refractivity contribution in [2.75, 3.05) is 6.54 Å². The average molecular weight is 324 g/mol. The standard InChI is InChI=1S/C13H16N4O2S2/c1-17-9-7-11(16-17)6-8-15-21(18,19)12-4-2-10(3-5-12)13(14)20/h2-5,7,9,15H,6,8H2,1H3,(H2,14,20). The van der Waals surface area contributed by atoms with Crippen molar-refractivity contribution in [3.8, 4) is 0 Å². The average Bonchev–Trinajstić information content (AvgIpc) is 2.84. The van der Waals surface area contributed by atoms with E-state index in [9.17, 15) is 8.42 Å². The smallest absolute Gasteiger partial charge is 0.240 e. The van der Waals surface area contributed by atoms with Crippen molar-refractivity contribution in [1.82, 2.24) is 14.5 Å². The molecule has 8 heteroatoms. The molecule has 0 saturated heterocycles. The summed E-state index contributed by atoms with van der Waals surface area (Å²) in [5.74, 6) is 0. The molecule has 1 aromatic heterocycles. The third-order valence-electron chi connectivity index (χ3n) is 2.89. The fourth-order valence-electron chi connectivity index (χ4n) is 1.79. The van der Waals surface area contributed by atoms with E-state index in [1.165, 1.54) is 12.1 Å². The highest BCUT2D eigenvalue weighted by molar-refractivity contribution is 7.89. The van der Waals surface area contributed by atoms with Gasteiger partial charge in [0.1, 0.15) is 4.99 Å². The van der Waals surface area contributed by atoms with Crippen LogP contribution in [0.5, 0.6) is 0 Å². The molecular formula is C13H16N4O2S2. The van der Waals surface area contributed by atoms with Crippen LogP contribution in [0.2, 0.25) is 0 Å². The predicted octanol–water partition coefficient (Wildman–Crippen LogP) is 0.575. The van der Waals surface area contributed by atoms with Gasteiger partial charge in [-0.1, -0.05) is 24.4 Å². The summed E-state index contributed by atoms with van der Waals surface area (Å²) in [6, 6.07) is 8.01. The van der Waals surface area contributed by atoms with Gasteiger partial charge in [-0.25, -0.2) is 13.1 Å². The van der Waals surface area contributed by atoms with Crippen molar-refractivity contribution in [2.45, 2.75) is 11.3 Å². The first-order valence-corrected chi connectivity index (χ1v) is 8.16. The summed E-state index contributed by atoms with van der Waals surface area (Å²) in [6.07, 6.45) is 2.35. The van der Waals surface area contributed by atoms with Gasteiger partial charge in [-0.2, -0.15) is 5.10 Å². The van der Waals surface area contributed by atoms with Crippen molar-refractivity contribution in [1.29, 1.82) is 0 Å². The van der Waals surface area contributed by atoms with Gasteiger partial charge in [0.05, 0.1) is 10.6 Å². The van der Waals surface area contributed by atoms with Crippen molar-refractivity contribution < 1.29 is 8.42 Å². The summed E-state index contributed by atoms with van der Waals surface area (Å²) in [4.78, 5) is 0.422. The van der Waals surface area contributed by atoms with E-state index in [1.807, 2.05) is 19.3 Å². The van der Waals surface area contributed by atoms with Gasteiger partial charge in [-0.05, 0) is 18.2 Å². The van der Waals surface area contributed by atoms with Gasteiger partial charge in [-0.3, -0.25) is 4.68 Å². The van der Waals surface area contributed by atoms with Gasteiger partial charge < -0.3 is 5.73 Å². The van der Waals surface area contributed by atoms with Crippen LogP contribution in [0, 0.1) is 0 Å². The fraction of sp³-hybridized carbons (Fsp3) is 0.231. The second-order valence-electron chi connectivity index (χ2n) is 4.52. The topological polar surface area (TPSA) is 90.0 Å². The van der Waals surface area contributed by atoms with E-state index in [0.29, 0.717) is 12.0 Å². The first-order valence-electron chi connectivity index (χ1n) is 6.26. The molecule has 0 aliphatic rings. The molecule has 1 heterocycles. The van der Waals surface area contributed by atoms with Crippen LogP contribution in [-0.4, -0.2) is 29.7 Å². The maximum absolute atomic E-state index is 12.1. The van der Waals surface area contributed by atoms with Gasteiger partial charge in [-0.15, -0.1) is 0 Å². The van der Waals surface area contributed by atoms with Crippen molar-refractivity contribution in [3.05, 3.63) is 47.8 Å². The van der Waals surface area contributed by atoms with Gasteiger partial charge in [0.2, 0.25) is 10.0 Å². The summed E-state index contributed by atoms with van der Waals surface area (Å²) in [6.45, 7) is 0.288. The van der Waals surface area contributed by atoms with Gasteiger partial charge in [0.25, 0.3) is 0 Å². The van der Waals surface area contributed by atoms with Crippen LogP contribution in [0.25, 0.3) is 0 Å². The highest BCUT2D eigenvalue weighted by atomic mass is 32.2. The summed E-state index contributed by atoms with van der Waals surface area (Å²) in [7, 11) is -1.72. The minimum atomic E-state index is -3.53. The highest BCUT2D eigenvalue weighted by Crippen LogP contribution is 2.10. The highest BCUT2D eigenvalue weighted by Gasteiger charge is 2.13. The van der Waals surface area contributed by atoms with E-state index in [1.54, 1.807) is 16.8 Å². The van der Waals surface area contributed by atoms with Crippen LogP contribution in [0.3, 0.4) is 0 Å². The maximum Gasteiger partial charge on any atom is 0.240 e. The molecule has 0 unspecified atom stereocenters. The Hall–Kier alpha value is -1.77. The quantitative estimate of drug-likeness (QED) is 0.759. The lowest BCUT2D eigenvalue weighted by Gasteiger charge is -2.06. The number of nitrogens with two attached hydrogens (primary N) is 1. The third-order valence-corrected chi connectivity index (χ3v) is 4.60. The van der Waals surface area contributed by atoms with Crippen LogP contribution < -0.4 is 10.5 Å². The molecule has 0 amide bonds. The van der Waals surface area contributed by atoms with Gasteiger partial charge >= 0.3 is 0 Å². The van der Waals surface area contributed by atoms with E-state index in [0.717, 1.165) is 5.69 Å². The number of hydrogen-bond acceptors (Lipinski definition) is 4. The molecule has 0 aliphatic carbocycles. The molecule has 0 spiro atoms. The zero-order valence-electron chi connectivity index (χ0n) is 11.5. The maximum atomic E-state index is 12.1. The lowest BCUT2D eigenvalue weighted by molar-refractivity contribution is 0.581. The zero-order valence-corrected chi connectivity index (χ0v) is 13.1. The Kier molecular flexibility index (Phi) is 4.71. The number of sulfonamides is 1. The van der Waals surface area contributed by atoms with E-state index in [-0.39, 0.29) is 16.4 Å². The van der Waals surface area contributed by atoms with Crippen LogP contribution >= 0.6 is 12.2 Å². The van der Waals surface area contributed by atoms with E-state index in [2.05, 4.69) is 9.82 Å². The second-order valence-corrected chi connectivity index (χ2v) is 6.72. The number of nitrogens with zero attached hydrogens (tertiary/aromatic N) is 2. The van der Waals surface area contributed by atoms with Crippen molar-refractivity contribution >= 4 is 27.2 Å². The Labute approximate surface area is 129 Å². The number of thiocarbonyl (C=S) groups is 1. The number of benzene rings is 1. The Bertz CT molecular complexity index is 736. The summed E-state index contributed by atoms with van der Waals surface area (Å²) in [5.41, 5.74) is 6.95. The van der Waals surface area contributed by atoms with Crippen molar-refractivity contribution in [2.24, 2.45) is 12.8 Å². The number of rotatable bonds is 6. The first kappa shape index (κ1) is 15.6. The van der Waals surface area contributed by atoms with Crippen LogP contribution in [-0.2, 0) is 23.5 Å². The number of hydrogen-bond donors (Lipinski definition) is 2. The zero-order chi connectivity index (χ0) is 15.5. The van der Waals surface area contributed by atoms with Crippen LogP contribution in [0.4, 0.5) is 0 Å². The Balaban J connectivity index is 1.99. The van der Waals surface area contributed by atoms with E-state index >= 15 is 0 Å². The molecule has 2 rings (SSSR count). The predicted molar refractivity (Wildman–Crippen MR) is 84.4 cm³/mol. The second kappa shape index (κ2) is 6.33. The number of aromatic nitrogens is 2. The molecule has 0 fully saturated rings. The molecule has 3 N–H and O–H groups in total. The number of aryl methyl sites for hydroxylation is 1. The third kappa shape index (κ3) is 4.10. The normalized spacial score (nSPS) is 11.5. The lowest BCUT2D eigenvalue weighted by Crippen LogP contribution is -2.26. The molecule has 112 valence electrons.